The van der Waals surface area contributed by atoms with E-state index in [0.717, 1.165) is 57.7 Å². The first-order valence-corrected chi connectivity index (χ1v) is 10.4. The maximum atomic E-state index is 13.3. The molecule has 0 saturated carbocycles. The van der Waals surface area contributed by atoms with Crippen molar-refractivity contribution in [3.05, 3.63) is 29.8 Å². The first-order valence-electron chi connectivity index (χ1n) is 10.4. The molecule has 0 radical (unpaired) electrons. The number of hydrogen-bond donors (Lipinski definition) is 0. The smallest absolute Gasteiger partial charge is 0.256 e. The van der Waals surface area contributed by atoms with E-state index in [4.69, 9.17) is 9.47 Å². The Hall–Kier alpha value is -1.59. The minimum Gasteiger partial charge on any atom is -0.493 e. The Morgan fingerprint density at radius 2 is 2.04 bits per heavy atom. The fourth-order valence-corrected chi connectivity index (χ4v) is 4.16. The van der Waals surface area contributed by atoms with Crippen molar-refractivity contribution in [2.24, 2.45) is 0 Å². The lowest BCUT2D eigenvalue weighted by Crippen LogP contribution is -2.60. The van der Waals surface area contributed by atoms with Gasteiger partial charge < -0.3 is 14.4 Å². The van der Waals surface area contributed by atoms with Crippen molar-refractivity contribution in [1.29, 1.82) is 0 Å². The second-order valence-electron chi connectivity index (χ2n) is 8.06. The van der Waals surface area contributed by atoms with Crippen LogP contribution in [0.4, 0.5) is 0 Å². The van der Waals surface area contributed by atoms with Crippen molar-refractivity contribution in [1.82, 2.24) is 9.80 Å². The third-order valence-electron chi connectivity index (χ3n) is 5.60. The van der Waals surface area contributed by atoms with Crippen LogP contribution in [0, 0.1) is 0 Å². The Kier molecular flexibility index (Phi) is 6.77. The van der Waals surface area contributed by atoms with Gasteiger partial charge in [-0.25, -0.2) is 0 Å². The van der Waals surface area contributed by atoms with Crippen LogP contribution in [0.1, 0.15) is 52.0 Å². The van der Waals surface area contributed by atoms with Crippen molar-refractivity contribution in [3.63, 3.8) is 0 Å². The summed E-state index contributed by atoms with van der Waals surface area (Å²) in [7, 11) is 0. The van der Waals surface area contributed by atoms with E-state index in [2.05, 4.69) is 37.8 Å². The second-order valence-corrected chi connectivity index (χ2v) is 8.06. The summed E-state index contributed by atoms with van der Waals surface area (Å²) in [6.07, 6.45) is 3.91. The zero-order chi connectivity index (χ0) is 19.3. The zero-order valence-corrected chi connectivity index (χ0v) is 17.1. The fraction of sp³-hybridized carbons (Fsp3) is 0.682. The largest absolute Gasteiger partial charge is 0.493 e. The van der Waals surface area contributed by atoms with E-state index < -0.39 is 5.60 Å². The molecule has 0 aliphatic carbocycles. The average Bonchev–Trinajstić information content (AvgIpc) is 2.81. The Bertz CT molecular complexity index is 634. The number of para-hydroxylation sites is 1. The monoisotopic (exact) mass is 374 g/mol. The van der Waals surface area contributed by atoms with E-state index in [1.54, 1.807) is 0 Å². The third-order valence-corrected chi connectivity index (χ3v) is 5.60. The molecule has 1 unspecified atom stereocenters. The predicted octanol–water partition coefficient (Wildman–Crippen LogP) is 3.47. The normalized spacial score (nSPS) is 24.4. The summed E-state index contributed by atoms with van der Waals surface area (Å²) in [5.41, 5.74) is 0.503. The zero-order valence-electron chi connectivity index (χ0n) is 17.1. The number of carbonyl (C=O) groups excluding carboxylic acids is 1. The van der Waals surface area contributed by atoms with Gasteiger partial charge in [0.05, 0.1) is 13.2 Å². The van der Waals surface area contributed by atoms with Crippen LogP contribution in [0.15, 0.2) is 24.3 Å². The van der Waals surface area contributed by atoms with Gasteiger partial charge in [0.15, 0.2) is 5.60 Å². The maximum Gasteiger partial charge on any atom is 0.256 e. The number of nitrogens with zero attached hydrogens (tertiary/aromatic N) is 2. The highest BCUT2D eigenvalue weighted by atomic mass is 16.5. The summed E-state index contributed by atoms with van der Waals surface area (Å²) < 4.78 is 12.1. The molecule has 0 N–H and O–H groups in total. The molecule has 2 aliphatic heterocycles. The van der Waals surface area contributed by atoms with Crippen LogP contribution >= 0.6 is 0 Å². The van der Waals surface area contributed by atoms with E-state index in [1.165, 1.54) is 5.56 Å². The van der Waals surface area contributed by atoms with Gasteiger partial charge in [0.2, 0.25) is 0 Å². The molecule has 0 bridgehead atoms. The van der Waals surface area contributed by atoms with E-state index in [-0.39, 0.29) is 11.9 Å². The van der Waals surface area contributed by atoms with E-state index in [1.807, 2.05) is 17.0 Å². The summed E-state index contributed by atoms with van der Waals surface area (Å²) in [6.45, 7) is 10.8. The van der Waals surface area contributed by atoms with Crippen LogP contribution in [-0.4, -0.2) is 60.2 Å². The molecule has 3 rings (SSSR count). The number of ether oxygens (including phenoxy) is 2. The van der Waals surface area contributed by atoms with Crippen LogP contribution < -0.4 is 4.74 Å². The van der Waals surface area contributed by atoms with E-state index >= 15 is 0 Å². The predicted molar refractivity (Wildman–Crippen MR) is 107 cm³/mol. The highest BCUT2D eigenvalue weighted by molar-refractivity contribution is 5.86. The third kappa shape index (κ3) is 4.64. The van der Waals surface area contributed by atoms with Crippen molar-refractivity contribution < 1.29 is 14.3 Å². The average molecular weight is 375 g/mol. The minimum atomic E-state index is -0.682. The number of amides is 1. The molecule has 2 fully saturated rings. The number of likely N-dealkylation sites (tertiary alicyclic amines) is 1. The molecule has 2 heterocycles. The molecule has 2 aliphatic rings. The van der Waals surface area contributed by atoms with Gasteiger partial charge >= 0.3 is 0 Å². The van der Waals surface area contributed by atoms with Gasteiger partial charge in [-0.05, 0) is 45.6 Å². The van der Waals surface area contributed by atoms with Crippen molar-refractivity contribution in [2.75, 3.05) is 32.8 Å². The van der Waals surface area contributed by atoms with Gasteiger partial charge in [-0.1, -0.05) is 25.1 Å². The number of rotatable bonds is 6. The van der Waals surface area contributed by atoms with Gasteiger partial charge in [0, 0.05) is 37.8 Å². The standard InChI is InChI=1S/C22H34N2O3/c1-4-14-26-20-10-6-5-9-19(20)16-23-13-15-27-22(17-23)11-7-8-12-24(18(2)3)21(22)25/h5-6,9-10,18H,4,7-8,11-17H2,1-3H3. The van der Waals surface area contributed by atoms with Crippen molar-refractivity contribution >= 4 is 5.91 Å². The van der Waals surface area contributed by atoms with Gasteiger partial charge in [-0.3, -0.25) is 9.69 Å². The van der Waals surface area contributed by atoms with Gasteiger partial charge in [-0.2, -0.15) is 0 Å². The quantitative estimate of drug-likeness (QED) is 0.765. The highest BCUT2D eigenvalue weighted by Crippen LogP contribution is 2.32. The lowest BCUT2D eigenvalue weighted by molar-refractivity contribution is -0.172. The van der Waals surface area contributed by atoms with Gasteiger partial charge in [0.25, 0.3) is 5.91 Å². The van der Waals surface area contributed by atoms with Crippen LogP contribution in [0.25, 0.3) is 0 Å². The molecule has 1 amide bonds. The molecule has 27 heavy (non-hydrogen) atoms. The first-order chi connectivity index (χ1) is 13.1. The lowest BCUT2D eigenvalue weighted by Gasteiger charge is -2.43. The Morgan fingerprint density at radius 3 is 2.81 bits per heavy atom. The maximum absolute atomic E-state index is 13.3. The summed E-state index contributed by atoms with van der Waals surface area (Å²) in [4.78, 5) is 17.7. The summed E-state index contributed by atoms with van der Waals surface area (Å²) in [6, 6.07) is 8.46. The van der Waals surface area contributed by atoms with Crippen LogP contribution in [0.2, 0.25) is 0 Å². The molecule has 1 spiro atoms. The highest BCUT2D eigenvalue weighted by Gasteiger charge is 2.47. The number of morpholine rings is 1. The molecule has 0 aromatic heterocycles. The van der Waals surface area contributed by atoms with Gasteiger partial charge in [0.1, 0.15) is 5.75 Å². The molecule has 150 valence electrons. The number of carbonyl (C=O) groups is 1. The topological polar surface area (TPSA) is 42.0 Å². The number of hydrogen-bond acceptors (Lipinski definition) is 4. The summed E-state index contributed by atoms with van der Waals surface area (Å²) in [5, 5.41) is 0. The van der Waals surface area contributed by atoms with Crippen LogP contribution in [0.3, 0.4) is 0 Å². The molecule has 5 heteroatoms. The minimum absolute atomic E-state index is 0.176. The Labute approximate surface area is 163 Å². The Balaban J connectivity index is 1.75. The Morgan fingerprint density at radius 1 is 1.22 bits per heavy atom. The van der Waals surface area contributed by atoms with Crippen LogP contribution in [-0.2, 0) is 16.1 Å². The SMILES string of the molecule is CCCOc1ccccc1CN1CCOC2(CCCCN(C(C)C)C2=O)C1. The van der Waals surface area contributed by atoms with Crippen LogP contribution in [0.5, 0.6) is 5.75 Å². The summed E-state index contributed by atoms with van der Waals surface area (Å²) >= 11 is 0. The fourth-order valence-electron chi connectivity index (χ4n) is 4.16. The molecule has 5 nitrogen and oxygen atoms in total. The van der Waals surface area contributed by atoms with Crippen molar-refractivity contribution in [2.45, 2.75) is 64.6 Å². The molecule has 1 aromatic rings. The van der Waals surface area contributed by atoms with Gasteiger partial charge in [-0.15, -0.1) is 0 Å². The first kappa shape index (κ1) is 20.2. The molecular weight excluding hydrogens is 340 g/mol. The van der Waals surface area contributed by atoms with E-state index in [0.29, 0.717) is 13.2 Å². The van der Waals surface area contributed by atoms with E-state index in [9.17, 15) is 4.79 Å². The molecule has 2 saturated heterocycles. The summed E-state index contributed by atoms with van der Waals surface area (Å²) in [5.74, 6) is 1.13. The number of benzene rings is 1. The van der Waals surface area contributed by atoms with Crippen molar-refractivity contribution in [3.8, 4) is 5.75 Å². The molecular formula is C22H34N2O3. The molecule has 1 atom stereocenters. The lowest BCUT2D eigenvalue weighted by atomic mass is 9.93. The second kappa shape index (κ2) is 9.07. The molecule has 1 aromatic carbocycles.